The maximum Gasteiger partial charge on any atom is 0.416 e. The first-order valence-corrected chi connectivity index (χ1v) is 7.03. The van der Waals surface area contributed by atoms with Gasteiger partial charge in [-0.2, -0.15) is 13.2 Å². The van der Waals surface area contributed by atoms with Crippen LogP contribution < -0.4 is 0 Å². The van der Waals surface area contributed by atoms with Crippen molar-refractivity contribution in [2.24, 2.45) is 0 Å². The number of thioether (sulfide) groups is 1. The van der Waals surface area contributed by atoms with E-state index in [1.165, 1.54) is 23.9 Å². The molecule has 0 atom stereocenters. The third-order valence-electron chi connectivity index (χ3n) is 2.70. The molecule has 0 saturated carbocycles. The average molecular weight is 303 g/mol. The van der Waals surface area contributed by atoms with Gasteiger partial charge in [0.25, 0.3) is 0 Å². The van der Waals surface area contributed by atoms with Gasteiger partial charge in [0, 0.05) is 4.90 Å². The van der Waals surface area contributed by atoms with Crippen molar-refractivity contribution < 1.29 is 13.2 Å². The molecule has 0 N–H and O–H groups in total. The Kier molecular flexibility index (Phi) is 4.11. The molecule has 0 unspecified atom stereocenters. The molecule has 0 aliphatic carbocycles. The summed E-state index contributed by atoms with van der Waals surface area (Å²) in [7, 11) is 0. The minimum atomic E-state index is -4.31. The molecular weight excluding hydrogens is 293 g/mol. The van der Waals surface area contributed by atoms with E-state index >= 15 is 0 Å². The van der Waals surface area contributed by atoms with Crippen molar-refractivity contribution in [1.82, 2.24) is 0 Å². The molecule has 0 aliphatic heterocycles. The van der Waals surface area contributed by atoms with Crippen LogP contribution in [-0.4, -0.2) is 6.26 Å². The number of halogens is 4. The van der Waals surface area contributed by atoms with Gasteiger partial charge in [0.1, 0.15) is 0 Å². The Labute approximate surface area is 118 Å². The van der Waals surface area contributed by atoms with Crippen LogP contribution in [0.2, 0.25) is 5.02 Å². The van der Waals surface area contributed by atoms with Gasteiger partial charge in [-0.05, 0) is 41.6 Å². The van der Waals surface area contributed by atoms with Crippen molar-refractivity contribution in [1.29, 1.82) is 0 Å². The SMILES string of the molecule is CSc1ccc(-c2ccc(C(F)(F)F)cc2)cc1Cl. The summed E-state index contributed by atoms with van der Waals surface area (Å²) in [5.41, 5.74) is 0.863. The summed E-state index contributed by atoms with van der Waals surface area (Å²) >= 11 is 7.61. The molecule has 0 heterocycles. The van der Waals surface area contributed by atoms with Crippen molar-refractivity contribution in [3.05, 3.63) is 53.1 Å². The maximum absolute atomic E-state index is 12.5. The third kappa shape index (κ3) is 3.25. The molecule has 19 heavy (non-hydrogen) atoms. The molecule has 0 fully saturated rings. The predicted molar refractivity (Wildman–Crippen MR) is 73.7 cm³/mol. The fourth-order valence-corrected chi connectivity index (χ4v) is 2.57. The minimum absolute atomic E-state index is 0.602. The number of benzene rings is 2. The Morgan fingerprint density at radius 1 is 0.947 bits per heavy atom. The van der Waals surface area contributed by atoms with Crippen molar-refractivity contribution >= 4 is 23.4 Å². The Morgan fingerprint density at radius 3 is 2.00 bits per heavy atom. The molecule has 0 spiro atoms. The van der Waals surface area contributed by atoms with Gasteiger partial charge in [0.05, 0.1) is 10.6 Å². The maximum atomic E-state index is 12.5. The lowest BCUT2D eigenvalue weighted by molar-refractivity contribution is -0.137. The fourth-order valence-electron chi connectivity index (χ4n) is 1.70. The molecule has 0 aliphatic rings. The van der Waals surface area contributed by atoms with Crippen LogP contribution in [-0.2, 0) is 6.18 Å². The lowest BCUT2D eigenvalue weighted by Crippen LogP contribution is -2.03. The van der Waals surface area contributed by atoms with E-state index in [2.05, 4.69) is 0 Å². The smallest absolute Gasteiger partial charge is 0.166 e. The lowest BCUT2D eigenvalue weighted by atomic mass is 10.0. The van der Waals surface area contributed by atoms with E-state index in [1.54, 1.807) is 6.07 Å². The molecule has 0 aromatic heterocycles. The minimum Gasteiger partial charge on any atom is -0.166 e. The van der Waals surface area contributed by atoms with Gasteiger partial charge in [-0.3, -0.25) is 0 Å². The Bertz CT molecular complexity index is 576. The summed E-state index contributed by atoms with van der Waals surface area (Å²) in [6.45, 7) is 0. The summed E-state index contributed by atoms with van der Waals surface area (Å²) in [5, 5.41) is 0.602. The first-order valence-electron chi connectivity index (χ1n) is 5.43. The zero-order valence-electron chi connectivity index (χ0n) is 9.96. The number of hydrogen-bond acceptors (Lipinski definition) is 1. The Morgan fingerprint density at radius 2 is 1.53 bits per heavy atom. The number of alkyl halides is 3. The predicted octanol–water partition coefficient (Wildman–Crippen LogP) is 5.75. The van der Waals surface area contributed by atoms with Gasteiger partial charge in [-0.25, -0.2) is 0 Å². The largest absolute Gasteiger partial charge is 0.416 e. The van der Waals surface area contributed by atoms with Crippen LogP contribution >= 0.6 is 23.4 Å². The molecule has 2 rings (SSSR count). The molecule has 2 aromatic rings. The highest BCUT2D eigenvalue weighted by molar-refractivity contribution is 7.98. The van der Waals surface area contributed by atoms with Crippen LogP contribution in [0.3, 0.4) is 0 Å². The van der Waals surface area contributed by atoms with Crippen LogP contribution in [0.4, 0.5) is 13.2 Å². The molecule has 2 aromatic carbocycles. The van der Waals surface area contributed by atoms with Gasteiger partial charge in [0.2, 0.25) is 0 Å². The fraction of sp³-hybridized carbons (Fsp3) is 0.143. The van der Waals surface area contributed by atoms with Gasteiger partial charge < -0.3 is 0 Å². The van der Waals surface area contributed by atoms with E-state index in [1.807, 2.05) is 18.4 Å². The van der Waals surface area contributed by atoms with Crippen LogP contribution in [0.15, 0.2) is 47.4 Å². The van der Waals surface area contributed by atoms with Gasteiger partial charge in [0.15, 0.2) is 0 Å². The third-order valence-corrected chi connectivity index (χ3v) is 3.92. The Hall–Kier alpha value is -1.13. The van der Waals surface area contributed by atoms with Crippen molar-refractivity contribution in [2.75, 3.05) is 6.26 Å². The first-order chi connectivity index (χ1) is 8.91. The van der Waals surface area contributed by atoms with E-state index in [9.17, 15) is 13.2 Å². The van der Waals surface area contributed by atoms with Crippen LogP contribution in [0, 0.1) is 0 Å². The van der Waals surface area contributed by atoms with E-state index in [0.717, 1.165) is 22.6 Å². The zero-order chi connectivity index (χ0) is 14.0. The van der Waals surface area contributed by atoms with E-state index in [0.29, 0.717) is 10.6 Å². The molecular formula is C14H10ClF3S. The van der Waals surface area contributed by atoms with Crippen LogP contribution in [0.25, 0.3) is 11.1 Å². The van der Waals surface area contributed by atoms with Gasteiger partial charge in [-0.1, -0.05) is 29.8 Å². The van der Waals surface area contributed by atoms with E-state index < -0.39 is 11.7 Å². The summed E-state index contributed by atoms with van der Waals surface area (Å²) < 4.78 is 37.4. The molecule has 0 saturated heterocycles. The Balaban J connectivity index is 2.35. The van der Waals surface area contributed by atoms with Gasteiger partial charge >= 0.3 is 6.18 Å². The zero-order valence-corrected chi connectivity index (χ0v) is 11.5. The molecule has 100 valence electrons. The molecule has 0 nitrogen and oxygen atoms in total. The summed E-state index contributed by atoms with van der Waals surface area (Å²) in [5.74, 6) is 0. The second-order valence-electron chi connectivity index (χ2n) is 3.92. The normalized spacial score (nSPS) is 11.6. The monoisotopic (exact) mass is 302 g/mol. The molecule has 0 bridgehead atoms. The number of hydrogen-bond donors (Lipinski definition) is 0. The highest BCUT2D eigenvalue weighted by Gasteiger charge is 2.29. The lowest BCUT2D eigenvalue weighted by Gasteiger charge is -2.09. The summed E-state index contributed by atoms with van der Waals surface area (Å²) in [6.07, 6.45) is -2.39. The highest BCUT2D eigenvalue weighted by atomic mass is 35.5. The van der Waals surface area contributed by atoms with Gasteiger partial charge in [-0.15, -0.1) is 11.8 Å². The van der Waals surface area contributed by atoms with Crippen molar-refractivity contribution in [2.45, 2.75) is 11.1 Å². The summed E-state index contributed by atoms with van der Waals surface area (Å²) in [6, 6.07) is 10.5. The standard InChI is InChI=1S/C14H10ClF3S/c1-19-13-7-4-10(8-12(13)15)9-2-5-11(6-3-9)14(16,17)18/h2-8H,1H3. The molecule has 5 heteroatoms. The van der Waals surface area contributed by atoms with Crippen LogP contribution in [0.5, 0.6) is 0 Å². The van der Waals surface area contributed by atoms with E-state index in [4.69, 9.17) is 11.6 Å². The average Bonchev–Trinajstić information content (AvgIpc) is 2.38. The first kappa shape index (κ1) is 14.3. The molecule has 0 amide bonds. The quantitative estimate of drug-likeness (QED) is 0.637. The summed E-state index contributed by atoms with van der Waals surface area (Å²) in [4.78, 5) is 0.942. The topological polar surface area (TPSA) is 0 Å². The number of rotatable bonds is 2. The van der Waals surface area contributed by atoms with Crippen LogP contribution in [0.1, 0.15) is 5.56 Å². The molecule has 0 radical (unpaired) electrons. The second kappa shape index (κ2) is 5.47. The van der Waals surface area contributed by atoms with Crippen molar-refractivity contribution in [3.8, 4) is 11.1 Å². The second-order valence-corrected chi connectivity index (χ2v) is 5.18. The van der Waals surface area contributed by atoms with E-state index in [-0.39, 0.29) is 0 Å². The highest BCUT2D eigenvalue weighted by Crippen LogP contribution is 2.33. The van der Waals surface area contributed by atoms with Crippen molar-refractivity contribution in [3.63, 3.8) is 0 Å².